The molecule has 0 aliphatic carbocycles. The normalized spacial score (nSPS) is 26.4. The number of aromatic nitrogens is 1. The number of alkyl halides is 1. The predicted octanol–water partition coefficient (Wildman–Crippen LogP) is 2.02. The number of piperazine rings is 1. The Hall–Kier alpha value is -2.68. The first kappa shape index (κ1) is 18.4. The summed E-state index contributed by atoms with van der Waals surface area (Å²) in [4.78, 5) is 28.2. The minimum atomic E-state index is -1.34. The van der Waals surface area contributed by atoms with E-state index >= 15 is 4.39 Å². The molecular weight excluding hydrogens is 384 g/mol. The van der Waals surface area contributed by atoms with Crippen LogP contribution in [-0.2, 0) is 0 Å². The lowest BCUT2D eigenvalue weighted by Gasteiger charge is -2.40. The number of nitrogens with zero attached hydrogens (tertiary/aromatic N) is 3. The van der Waals surface area contributed by atoms with Crippen LogP contribution in [0.4, 0.5) is 14.5 Å². The Balaban J connectivity index is 1.69. The molecule has 3 atom stereocenters. The number of hydrogen-bond acceptors (Lipinski definition) is 5. The first-order chi connectivity index (χ1) is 13.8. The zero-order chi connectivity index (χ0) is 20.4. The van der Waals surface area contributed by atoms with Crippen LogP contribution in [0.2, 0.25) is 0 Å². The van der Waals surface area contributed by atoms with Gasteiger partial charge in [-0.2, -0.15) is 0 Å². The van der Waals surface area contributed by atoms with E-state index in [1.54, 1.807) is 6.92 Å². The fourth-order valence-corrected chi connectivity index (χ4v) is 4.90. The van der Waals surface area contributed by atoms with Crippen LogP contribution in [0, 0.1) is 5.82 Å². The molecule has 154 valence electrons. The lowest BCUT2D eigenvalue weighted by atomic mass is 10.0. The van der Waals surface area contributed by atoms with E-state index < -0.39 is 29.1 Å². The van der Waals surface area contributed by atoms with Gasteiger partial charge in [0.25, 0.3) is 5.56 Å². The number of pyridine rings is 1. The standard InChI is InChI=1S/C20H21F2N3O4/c1-10-9-29-18-16-11(4-14(20(27)28)19(26)25(10)16)5-15(22)17(18)24-3-2-23-7-12(21)6-13(23)8-24/h4-5,10,12-13H,2-3,6-9H2,1H3,(H,27,28)/t10-,12-,13-/m0/s1. The van der Waals surface area contributed by atoms with Crippen LogP contribution in [0.15, 0.2) is 16.9 Å². The van der Waals surface area contributed by atoms with Crippen molar-refractivity contribution >= 4 is 22.6 Å². The van der Waals surface area contributed by atoms with Gasteiger partial charge >= 0.3 is 5.97 Å². The van der Waals surface area contributed by atoms with Gasteiger partial charge in [0.2, 0.25) is 0 Å². The fourth-order valence-electron chi connectivity index (χ4n) is 4.90. The number of carboxylic acids is 1. The molecule has 2 saturated heterocycles. The van der Waals surface area contributed by atoms with Gasteiger partial charge in [-0.25, -0.2) is 13.6 Å². The molecule has 29 heavy (non-hydrogen) atoms. The molecule has 0 unspecified atom stereocenters. The summed E-state index contributed by atoms with van der Waals surface area (Å²) in [5, 5.41) is 9.69. The van der Waals surface area contributed by atoms with E-state index in [9.17, 15) is 19.1 Å². The Bertz CT molecular complexity index is 1090. The number of anilines is 1. The molecule has 1 aromatic carbocycles. The summed E-state index contributed by atoms with van der Waals surface area (Å²) in [5.74, 6) is -1.62. The van der Waals surface area contributed by atoms with Gasteiger partial charge < -0.3 is 14.7 Å². The molecule has 0 saturated carbocycles. The van der Waals surface area contributed by atoms with Crippen molar-refractivity contribution in [3.05, 3.63) is 33.9 Å². The van der Waals surface area contributed by atoms with E-state index in [0.717, 1.165) is 0 Å². The Morgan fingerprint density at radius 2 is 2.07 bits per heavy atom. The van der Waals surface area contributed by atoms with Crippen molar-refractivity contribution in [3.8, 4) is 5.75 Å². The van der Waals surface area contributed by atoms with Gasteiger partial charge in [0.1, 0.15) is 24.0 Å². The highest BCUT2D eigenvalue weighted by atomic mass is 19.1. The maximum absolute atomic E-state index is 15.2. The molecular formula is C20H21F2N3O4. The van der Waals surface area contributed by atoms with E-state index in [4.69, 9.17) is 4.74 Å². The topological polar surface area (TPSA) is 75.0 Å². The average Bonchev–Trinajstić information content (AvgIpc) is 3.04. The number of ether oxygens (including phenoxy) is 1. The average molecular weight is 405 g/mol. The lowest BCUT2D eigenvalue weighted by Crippen LogP contribution is -2.50. The first-order valence-electron chi connectivity index (χ1n) is 9.76. The van der Waals surface area contributed by atoms with E-state index in [0.29, 0.717) is 43.5 Å². The molecule has 1 aromatic heterocycles. The maximum Gasteiger partial charge on any atom is 0.341 e. The Morgan fingerprint density at radius 3 is 2.83 bits per heavy atom. The van der Waals surface area contributed by atoms with Crippen LogP contribution >= 0.6 is 0 Å². The number of fused-ring (bicyclic) bond motifs is 1. The van der Waals surface area contributed by atoms with Crippen LogP contribution < -0.4 is 15.2 Å². The minimum absolute atomic E-state index is 0.0140. The molecule has 1 N–H and O–H groups in total. The Labute approximate surface area is 165 Å². The highest BCUT2D eigenvalue weighted by Crippen LogP contribution is 2.43. The SMILES string of the molecule is C[C@H]1COc2c(N3CCN4C[C@@H](F)C[C@H]4C3)c(F)cc3cc(C(=O)O)c(=O)n1c23. The molecule has 2 fully saturated rings. The summed E-state index contributed by atoms with van der Waals surface area (Å²) in [7, 11) is 0. The highest BCUT2D eigenvalue weighted by molar-refractivity contribution is 5.97. The summed E-state index contributed by atoms with van der Waals surface area (Å²) in [6.45, 7) is 3.94. The van der Waals surface area contributed by atoms with Gasteiger partial charge in [-0.3, -0.25) is 14.3 Å². The van der Waals surface area contributed by atoms with E-state index in [1.165, 1.54) is 16.7 Å². The molecule has 5 rings (SSSR count). The van der Waals surface area contributed by atoms with Gasteiger partial charge in [-0.1, -0.05) is 0 Å². The summed E-state index contributed by atoms with van der Waals surface area (Å²) < 4.78 is 36.3. The molecule has 4 heterocycles. The summed E-state index contributed by atoms with van der Waals surface area (Å²) >= 11 is 0. The van der Waals surface area contributed by atoms with Crippen LogP contribution in [0.5, 0.6) is 5.75 Å². The Morgan fingerprint density at radius 1 is 1.28 bits per heavy atom. The quantitative estimate of drug-likeness (QED) is 0.824. The molecule has 3 aliphatic rings. The van der Waals surface area contributed by atoms with Crippen LogP contribution in [0.25, 0.3) is 10.9 Å². The largest absolute Gasteiger partial charge is 0.487 e. The second-order valence-corrected chi connectivity index (χ2v) is 8.10. The lowest BCUT2D eigenvalue weighted by molar-refractivity contribution is 0.0694. The summed E-state index contributed by atoms with van der Waals surface area (Å²) in [6.07, 6.45) is -0.442. The molecule has 7 nitrogen and oxygen atoms in total. The van der Waals surface area contributed by atoms with E-state index in [-0.39, 0.29) is 30.1 Å². The zero-order valence-electron chi connectivity index (χ0n) is 15.9. The third-order valence-electron chi connectivity index (χ3n) is 6.22. The van der Waals surface area contributed by atoms with Crippen LogP contribution in [0.3, 0.4) is 0 Å². The number of hydrogen-bond donors (Lipinski definition) is 1. The molecule has 0 spiro atoms. The number of benzene rings is 1. The van der Waals surface area contributed by atoms with Gasteiger partial charge in [0.05, 0.1) is 11.6 Å². The second-order valence-electron chi connectivity index (χ2n) is 8.10. The molecule has 0 amide bonds. The van der Waals surface area contributed by atoms with E-state index in [2.05, 4.69) is 4.90 Å². The maximum atomic E-state index is 15.2. The van der Waals surface area contributed by atoms with Gasteiger partial charge in [-0.15, -0.1) is 0 Å². The fraction of sp³-hybridized carbons (Fsp3) is 0.500. The molecule has 0 bridgehead atoms. The number of halogens is 2. The molecule has 0 radical (unpaired) electrons. The third-order valence-corrected chi connectivity index (χ3v) is 6.22. The third kappa shape index (κ3) is 2.71. The molecule has 3 aliphatic heterocycles. The smallest absolute Gasteiger partial charge is 0.341 e. The van der Waals surface area contributed by atoms with E-state index in [1.807, 2.05) is 4.90 Å². The second kappa shape index (κ2) is 6.41. The number of carbonyl (C=O) groups is 1. The van der Waals surface area contributed by atoms with Gasteiger partial charge in [-0.05, 0) is 25.5 Å². The Kier molecular flexibility index (Phi) is 4.06. The van der Waals surface area contributed by atoms with Crippen molar-refractivity contribution in [3.63, 3.8) is 0 Å². The van der Waals surface area contributed by atoms with Crippen LogP contribution in [-0.4, -0.2) is 65.5 Å². The van der Waals surface area contributed by atoms with Crippen molar-refractivity contribution < 1.29 is 23.4 Å². The number of aromatic carboxylic acids is 1. The van der Waals surface area contributed by atoms with Crippen molar-refractivity contribution in [1.29, 1.82) is 0 Å². The minimum Gasteiger partial charge on any atom is -0.487 e. The molecule has 9 heteroatoms. The molecule has 2 aromatic rings. The first-order valence-corrected chi connectivity index (χ1v) is 9.76. The summed E-state index contributed by atoms with van der Waals surface area (Å²) in [6, 6.07) is 2.10. The van der Waals surface area contributed by atoms with Crippen molar-refractivity contribution in [2.45, 2.75) is 31.6 Å². The van der Waals surface area contributed by atoms with Crippen molar-refractivity contribution in [1.82, 2.24) is 9.47 Å². The predicted molar refractivity (Wildman–Crippen MR) is 102 cm³/mol. The number of rotatable bonds is 2. The highest BCUT2D eigenvalue weighted by Gasteiger charge is 2.38. The van der Waals surface area contributed by atoms with Crippen LogP contribution in [0.1, 0.15) is 29.7 Å². The number of carboxylic acid groups (broad SMARTS) is 1. The van der Waals surface area contributed by atoms with Gasteiger partial charge in [0.15, 0.2) is 11.6 Å². The van der Waals surface area contributed by atoms with Gasteiger partial charge in [0, 0.05) is 37.6 Å². The zero-order valence-corrected chi connectivity index (χ0v) is 15.9. The van der Waals surface area contributed by atoms with Crippen molar-refractivity contribution in [2.75, 3.05) is 37.7 Å². The monoisotopic (exact) mass is 405 g/mol. The summed E-state index contributed by atoms with van der Waals surface area (Å²) in [5.41, 5.74) is -0.339. The van der Waals surface area contributed by atoms with Crippen molar-refractivity contribution in [2.24, 2.45) is 0 Å².